The van der Waals surface area contributed by atoms with E-state index in [2.05, 4.69) is 44.5 Å². The molecule has 30 heavy (non-hydrogen) atoms. The van der Waals surface area contributed by atoms with Gasteiger partial charge in [-0.05, 0) is 56.5 Å². The molecule has 2 amide bonds. The van der Waals surface area contributed by atoms with Gasteiger partial charge in [0, 0.05) is 55.7 Å². The van der Waals surface area contributed by atoms with Crippen LogP contribution in [0.15, 0.2) is 42.7 Å². The highest BCUT2D eigenvalue weighted by Crippen LogP contribution is 2.20. The topological polar surface area (TPSA) is 90.5 Å². The summed E-state index contributed by atoms with van der Waals surface area (Å²) in [6.45, 7) is 7.58. The van der Waals surface area contributed by atoms with Crippen LogP contribution in [-0.2, 0) is 4.79 Å². The summed E-state index contributed by atoms with van der Waals surface area (Å²) in [5.41, 5.74) is 6.72. The van der Waals surface area contributed by atoms with Crippen molar-refractivity contribution in [2.24, 2.45) is 5.92 Å². The van der Waals surface area contributed by atoms with Crippen LogP contribution in [0.1, 0.15) is 43.5 Å². The van der Waals surface area contributed by atoms with Crippen molar-refractivity contribution in [1.29, 1.82) is 0 Å². The second kappa shape index (κ2) is 10.6. The minimum absolute atomic E-state index is 0.139. The first kappa shape index (κ1) is 21.5. The number of aromatic nitrogens is 2. The van der Waals surface area contributed by atoms with Crippen LogP contribution in [0.2, 0.25) is 0 Å². The smallest absolute Gasteiger partial charge is 0.269 e. The van der Waals surface area contributed by atoms with E-state index in [0.717, 1.165) is 25.2 Å². The van der Waals surface area contributed by atoms with Crippen molar-refractivity contribution >= 4 is 23.5 Å². The number of amides is 2. The largest absolute Gasteiger partial charge is 0.372 e. The number of benzene rings is 1. The first-order valence-electron chi connectivity index (χ1n) is 10.6. The third-order valence-corrected chi connectivity index (χ3v) is 5.37. The van der Waals surface area contributed by atoms with Gasteiger partial charge in [-0.1, -0.05) is 6.92 Å². The Balaban J connectivity index is 1.46. The number of piperidine rings is 1. The minimum Gasteiger partial charge on any atom is -0.372 e. The van der Waals surface area contributed by atoms with Gasteiger partial charge in [-0.25, -0.2) is 9.97 Å². The molecule has 1 aromatic carbocycles. The SMILES string of the molecule is CCCN(CC)c1ccc(C(=O)NNC(=O)C2CCN(c3ncccn3)CC2)cc1. The Morgan fingerprint density at radius 1 is 1.07 bits per heavy atom. The summed E-state index contributed by atoms with van der Waals surface area (Å²) in [7, 11) is 0. The molecule has 0 radical (unpaired) electrons. The standard InChI is InChI=1S/C22H30N6O2/c1-3-14-27(4-2)19-8-6-17(7-9-19)20(29)25-26-21(30)18-10-15-28(16-11-18)22-23-12-5-13-24-22/h5-9,12-13,18H,3-4,10-11,14-16H2,1-2H3,(H,25,29)(H,26,30). The van der Waals surface area contributed by atoms with Gasteiger partial charge in [0.2, 0.25) is 11.9 Å². The Bertz CT molecular complexity index is 819. The molecule has 1 aliphatic rings. The summed E-state index contributed by atoms with van der Waals surface area (Å²) in [4.78, 5) is 37.7. The predicted molar refractivity (Wildman–Crippen MR) is 117 cm³/mol. The van der Waals surface area contributed by atoms with Crippen LogP contribution < -0.4 is 20.7 Å². The summed E-state index contributed by atoms with van der Waals surface area (Å²) < 4.78 is 0. The lowest BCUT2D eigenvalue weighted by atomic mass is 9.96. The maximum Gasteiger partial charge on any atom is 0.269 e. The highest BCUT2D eigenvalue weighted by atomic mass is 16.2. The van der Waals surface area contributed by atoms with Crippen LogP contribution in [0, 0.1) is 5.92 Å². The van der Waals surface area contributed by atoms with Crippen LogP contribution in [-0.4, -0.2) is 48.0 Å². The van der Waals surface area contributed by atoms with E-state index in [9.17, 15) is 9.59 Å². The van der Waals surface area contributed by atoms with Gasteiger partial charge in [0.25, 0.3) is 5.91 Å². The molecule has 3 rings (SSSR count). The van der Waals surface area contributed by atoms with Gasteiger partial charge < -0.3 is 9.80 Å². The Kier molecular flexibility index (Phi) is 7.59. The average Bonchev–Trinajstić information content (AvgIpc) is 2.81. The van der Waals surface area contributed by atoms with Crippen molar-refractivity contribution < 1.29 is 9.59 Å². The summed E-state index contributed by atoms with van der Waals surface area (Å²) in [5, 5.41) is 0. The Morgan fingerprint density at radius 2 is 1.73 bits per heavy atom. The van der Waals surface area contributed by atoms with E-state index in [1.807, 2.05) is 12.1 Å². The molecule has 160 valence electrons. The lowest BCUT2D eigenvalue weighted by molar-refractivity contribution is -0.126. The molecule has 1 aromatic heterocycles. The first-order valence-corrected chi connectivity index (χ1v) is 10.6. The first-order chi connectivity index (χ1) is 14.6. The van der Waals surface area contributed by atoms with E-state index in [1.54, 1.807) is 30.6 Å². The molecular formula is C22H30N6O2. The van der Waals surface area contributed by atoms with E-state index in [0.29, 0.717) is 37.4 Å². The fourth-order valence-corrected chi connectivity index (χ4v) is 3.65. The fourth-order valence-electron chi connectivity index (χ4n) is 3.65. The molecule has 1 fully saturated rings. The van der Waals surface area contributed by atoms with Gasteiger partial charge in [-0.15, -0.1) is 0 Å². The van der Waals surface area contributed by atoms with Gasteiger partial charge in [-0.2, -0.15) is 0 Å². The molecule has 2 heterocycles. The lowest BCUT2D eigenvalue weighted by Gasteiger charge is -2.31. The number of anilines is 2. The minimum atomic E-state index is -0.316. The van der Waals surface area contributed by atoms with Crippen LogP contribution in [0.25, 0.3) is 0 Å². The van der Waals surface area contributed by atoms with Crippen LogP contribution in [0.5, 0.6) is 0 Å². The number of carbonyl (C=O) groups is 2. The number of nitrogens with one attached hydrogen (secondary N) is 2. The van der Waals surface area contributed by atoms with Crippen molar-refractivity contribution in [3.8, 4) is 0 Å². The molecule has 8 heteroatoms. The van der Waals surface area contributed by atoms with Gasteiger partial charge in [0.05, 0.1) is 0 Å². The molecule has 0 atom stereocenters. The van der Waals surface area contributed by atoms with Gasteiger partial charge in [0.1, 0.15) is 0 Å². The predicted octanol–water partition coefficient (Wildman–Crippen LogP) is 2.39. The normalized spacial score (nSPS) is 14.3. The van der Waals surface area contributed by atoms with E-state index in [-0.39, 0.29) is 17.7 Å². The van der Waals surface area contributed by atoms with E-state index in [1.165, 1.54) is 0 Å². The maximum absolute atomic E-state index is 12.4. The van der Waals surface area contributed by atoms with E-state index < -0.39 is 0 Å². The molecule has 8 nitrogen and oxygen atoms in total. The van der Waals surface area contributed by atoms with Crippen molar-refractivity contribution in [2.45, 2.75) is 33.1 Å². The van der Waals surface area contributed by atoms with Crippen molar-refractivity contribution in [3.05, 3.63) is 48.3 Å². The molecule has 2 aromatic rings. The second-order valence-corrected chi connectivity index (χ2v) is 7.38. The lowest BCUT2D eigenvalue weighted by Crippen LogP contribution is -2.47. The summed E-state index contributed by atoms with van der Waals surface area (Å²) in [6.07, 6.45) is 5.89. The quantitative estimate of drug-likeness (QED) is 0.681. The zero-order valence-electron chi connectivity index (χ0n) is 17.7. The molecule has 0 unspecified atom stereocenters. The van der Waals surface area contributed by atoms with Crippen molar-refractivity contribution in [3.63, 3.8) is 0 Å². The number of hydrazine groups is 1. The summed E-state index contributed by atoms with van der Waals surface area (Å²) in [5.74, 6) is 0.0748. The Morgan fingerprint density at radius 3 is 2.33 bits per heavy atom. The molecule has 1 aliphatic heterocycles. The number of hydrogen-bond acceptors (Lipinski definition) is 6. The molecule has 0 aliphatic carbocycles. The Labute approximate surface area is 177 Å². The molecular weight excluding hydrogens is 380 g/mol. The Hall–Kier alpha value is -3.16. The zero-order valence-corrected chi connectivity index (χ0v) is 17.7. The monoisotopic (exact) mass is 410 g/mol. The maximum atomic E-state index is 12.4. The van der Waals surface area contributed by atoms with Gasteiger partial charge in [-0.3, -0.25) is 20.4 Å². The average molecular weight is 411 g/mol. The van der Waals surface area contributed by atoms with E-state index >= 15 is 0 Å². The third kappa shape index (κ3) is 5.46. The third-order valence-electron chi connectivity index (χ3n) is 5.37. The number of carbonyl (C=O) groups excluding carboxylic acids is 2. The molecule has 1 saturated heterocycles. The molecule has 0 bridgehead atoms. The molecule has 0 saturated carbocycles. The summed E-state index contributed by atoms with van der Waals surface area (Å²) >= 11 is 0. The number of nitrogens with zero attached hydrogens (tertiary/aromatic N) is 4. The molecule has 2 N–H and O–H groups in total. The number of hydrogen-bond donors (Lipinski definition) is 2. The zero-order chi connectivity index (χ0) is 21.3. The van der Waals surface area contributed by atoms with Crippen molar-refractivity contribution in [2.75, 3.05) is 36.0 Å². The van der Waals surface area contributed by atoms with Crippen LogP contribution in [0.3, 0.4) is 0 Å². The highest BCUT2D eigenvalue weighted by Gasteiger charge is 2.26. The van der Waals surface area contributed by atoms with Crippen LogP contribution in [0.4, 0.5) is 11.6 Å². The summed E-state index contributed by atoms with van der Waals surface area (Å²) in [6, 6.07) is 9.24. The molecule has 0 spiro atoms. The van der Waals surface area contributed by atoms with E-state index in [4.69, 9.17) is 0 Å². The second-order valence-electron chi connectivity index (χ2n) is 7.38. The fraction of sp³-hybridized carbons (Fsp3) is 0.455. The van der Waals surface area contributed by atoms with Gasteiger partial charge >= 0.3 is 0 Å². The number of rotatable bonds is 7. The highest BCUT2D eigenvalue weighted by molar-refractivity contribution is 5.95. The van der Waals surface area contributed by atoms with Gasteiger partial charge in [0.15, 0.2) is 0 Å². The van der Waals surface area contributed by atoms with Crippen molar-refractivity contribution in [1.82, 2.24) is 20.8 Å². The van der Waals surface area contributed by atoms with Crippen LogP contribution >= 0.6 is 0 Å².